The Labute approximate surface area is 158 Å². The molecule has 0 saturated carbocycles. The second-order valence-corrected chi connectivity index (χ2v) is 8.48. The van der Waals surface area contributed by atoms with Crippen LogP contribution in [0.15, 0.2) is 36.4 Å². The van der Waals surface area contributed by atoms with E-state index in [4.69, 9.17) is 9.84 Å². The molecule has 27 heavy (non-hydrogen) atoms. The highest BCUT2D eigenvalue weighted by Gasteiger charge is 2.34. The summed E-state index contributed by atoms with van der Waals surface area (Å²) in [4.78, 5) is 35.0. The van der Waals surface area contributed by atoms with Gasteiger partial charge in [0.25, 0.3) is 0 Å². The maximum atomic E-state index is 12.1. The Morgan fingerprint density at radius 1 is 1.19 bits per heavy atom. The minimum atomic E-state index is -3.82. The first-order valence-corrected chi connectivity index (χ1v) is 9.89. The Balaban J connectivity index is 1.58. The third kappa shape index (κ3) is 4.51. The Morgan fingerprint density at radius 2 is 1.89 bits per heavy atom. The molecule has 0 unspecified atom stereocenters. The molecule has 0 radical (unpaired) electrons. The molecule has 0 spiro atoms. The van der Waals surface area contributed by atoms with E-state index in [1.807, 2.05) is 4.72 Å². The second kappa shape index (κ2) is 7.47. The van der Waals surface area contributed by atoms with E-state index in [0.29, 0.717) is 15.3 Å². The molecule has 0 aliphatic carbocycles. The molecule has 3 rings (SSSR count). The number of aromatic carboxylic acids is 1. The van der Waals surface area contributed by atoms with Crippen LogP contribution in [0.2, 0.25) is 0 Å². The summed E-state index contributed by atoms with van der Waals surface area (Å²) >= 11 is 1.07. The Kier molecular flexibility index (Phi) is 5.26. The van der Waals surface area contributed by atoms with E-state index in [9.17, 15) is 22.8 Å². The van der Waals surface area contributed by atoms with Crippen molar-refractivity contribution in [2.45, 2.75) is 13.2 Å². The molecule has 1 saturated heterocycles. The van der Waals surface area contributed by atoms with Crippen molar-refractivity contribution in [3.63, 3.8) is 0 Å². The molecular weight excluding hydrogens is 396 g/mol. The van der Waals surface area contributed by atoms with Gasteiger partial charge >= 0.3 is 22.1 Å². The number of carboxylic acid groups (broad SMARTS) is 1. The monoisotopic (exact) mass is 410 g/mol. The number of rotatable bonds is 6. The van der Waals surface area contributed by atoms with Crippen LogP contribution in [-0.2, 0) is 32.9 Å². The van der Waals surface area contributed by atoms with Gasteiger partial charge in [-0.25, -0.2) is 14.3 Å². The first-order valence-electron chi connectivity index (χ1n) is 7.63. The van der Waals surface area contributed by atoms with Crippen LogP contribution in [0, 0.1) is 0 Å². The number of thiophene rings is 1. The molecule has 2 N–H and O–H groups in total. The highest BCUT2D eigenvalue weighted by atomic mass is 32.2. The van der Waals surface area contributed by atoms with Gasteiger partial charge in [-0.15, -0.1) is 11.3 Å². The number of nitrogens with one attached hydrogen (secondary N) is 1. The summed E-state index contributed by atoms with van der Waals surface area (Å²) in [6.07, 6.45) is 0. The van der Waals surface area contributed by atoms with Gasteiger partial charge in [-0.3, -0.25) is 4.79 Å². The van der Waals surface area contributed by atoms with Crippen molar-refractivity contribution >= 4 is 39.4 Å². The fraction of sp³-hybridized carbons (Fsp3) is 0.188. The largest absolute Gasteiger partial charge is 0.478 e. The highest BCUT2D eigenvalue weighted by molar-refractivity contribution is 7.88. The predicted molar refractivity (Wildman–Crippen MR) is 94.3 cm³/mol. The molecule has 1 aliphatic heterocycles. The molecule has 1 fully saturated rings. The van der Waals surface area contributed by atoms with Gasteiger partial charge in [-0.2, -0.15) is 12.7 Å². The van der Waals surface area contributed by atoms with Crippen LogP contribution in [0.5, 0.6) is 0 Å². The molecule has 9 nitrogen and oxygen atoms in total. The first-order chi connectivity index (χ1) is 12.7. The van der Waals surface area contributed by atoms with Crippen molar-refractivity contribution in [1.29, 1.82) is 0 Å². The van der Waals surface area contributed by atoms with Gasteiger partial charge in [0, 0.05) is 4.88 Å². The summed E-state index contributed by atoms with van der Waals surface area (Å²) in [7, 11) is -3.82. The summed E-state index contributed by atoms with van der Waals surface area (Å²) < 4.78 is 31.5. The van der Waals surface area contributed by atoms with Gasteiger partial charge in [-0.1, -0.05) is 12.1 Å². The minimum absolute atomic E-state index is 0.0182. The zero-order chi connectivity index (χ0) is 19.6. The molecule has 1 aromatic carbocycles. The van der Waals surface area contributed by atoms with E-state index in [1.165, 1.54) is 18.2 Å². The average molecular weight is 410 g/mol. The number of hydrogen-bond acceptors (Lipinski definition) is 7. The maximum Gasteiger partial charge on any atom is 0.348 e. The topological polar surface area (TPSA) is 130 Å². The smallest absolute Gasteiger partial charge is 0.348 e. The van der Waals surface area contributed by atoms with E-state index in [0.717, 1.165) is 15.6 Å². The van der Waals surface area contributed by atoms with E-state index >= 15 is 0 Å². The van der Waals surface area contributed by atoms with E-state index in [1.54, 1.807) is 18.2 Å². The highest BCUT2D eigenvalue weighted by Crippen LogP contribution is 2.22. The summed E-state index contributed by atoms with van der Waals surface area (Å²) in [6, 6.07) is 9.06. The summed E-state index contributed by atoms with van der Waals surface area (Å²) in [5.41, 5.74) is 0.774. The van der Waals surface area contributed by atoms with Gasteiger partial charge in [0.2, 0.25) is 5.91 Å². The van der Waals surface area contributed by atoms with Crippen LogP contribution in [0.4, 0.5) is 0 Å². The Hall–Kier alpha value is -2.76. The fourth-order valence-electron chi connectivity index (χ4n) is 2.34. The van der Waals surface area contributed by atoms with Gasteiger partial charge in [0.15, 0.2) is 0 Å². The van der Waals surface area contributed by atoms with Gasteiger partial charge in [0.1, 0.15) is 11.5 Å². The van der Waals surface area contributed by atoms with E-state index in [2.05, 4.69) is 0 Å². The van der Waals surface area contributed by atoms with Crippen LogP contribution < -0.4 is 4.72 Å². The molecule has 2 heterocycles. The zero-order valence-electron chi connectivity index (χ0n) is 13.7. The molecule has 2 aromatic rings. The molecule has 1 amide bonds. The normalized spacial score (nSPS) is 16.1. The van der Waals surface area contributed by atoms with E-state index < -0.39 is 28.1 Å². The van der Waals surface area contributed by atoms with Crippen LogP contribution in [0.1, 0.15) is 30.5 Å². The van der Waals surface area contributed by atoms with Crippen LogP contribution in [0.3, 0.4) is 0 Å². The summed E-state index contributed by atoms with van der Waals surface area (Å²) in [6.45, 7) is -0.299. The lowest BCUT2D eigenvalue weighted by molar-refractivity contribution is -0.118. The zero-order valence-corrected chi connectivity index (χ0v) is 15.4. The Bertz CT molecular complexity index is 996. The SMILES string of the molecule is O=C1CN(Cc2ccc(C(=O)OCc3ccc(C(=O)O)cc3)s2)S(=O)(=O)N1. The first kappa shape index (κ1) is 19.0. The quantitative estimate of drug-likeness (QED) is 0.679. The van der Waals surface area contributed by atoms with Crippen LogP contribution in [0.25, 0.3) is 0 Å². The van der Waals surface area contributed by atoms with E-state index in [-0.39, 0.29) is 25.3 Å². The third-order valence-electron chi connectivity index (χ3n) is 3.67. The number of esters is 1. The van der Waals surface area contributed by atoms with Crippen molar-refractivity contribution in [2.24, 2.45) is 0 Å². The maximum absolute atomic E-state index is 12.1. The molecule has 142 valence electrons. The average Bonchev–Trinajstić information content (AvgIpc) is 3.17. The number of hydrogen-bond donors (Lipinski definition) is 2. The van der Waals surface area contributed by atoms with Crippen molar-refractivity contribution in [1.82, 2.24) is 9.03 Å². The number of carbonyl (C=O) groups is 3. The Morgan fingerprint density at radius 3 is 2.48 bits per heavy atom. The molecule has 0 bridgehead atoms. The summed E-state index contributed by atoms with van der Waals surface area (Å²) in [5, 5.41) is 8.85. The van der Waals surface area contributed by atoms with Crippen molar-refractivity contribution in [2.75, 3.05) is 6.54 Å². The molecule has 11 heteroatoms. The minimum Gasteiger partial charge on any atom is -0.478 e. The van der Waals surface area contributed by atoms with Gasteiger partial charge in [0.05, 0.1) is 18.7 Å². The summed E-state index contributed by atoms with van der Waals surface area (Å²) in [5.74, 6) is -2.21. The number of nitrogens with zero attached hydrogens (tertiary/aromatic N) is 1. The molecular formula is C16H14N2O7S2. The number of amides is 1. The van der Waals surface area contributed by atoms with Crippen molar-refractivity contribution < 1.29 is 32.6 Å². The number of carboxylic acids is 1. The number of carbonyl (C=O) groups excluding carboxylic acids is 2. The van der Waals surface area contributed by atoms with Gasteiger partial charge < -0.3 is 9.84 Å². The van der Waals surface area contributed by atoms with Crippen molar-refractivity contribution in [3.05, 3.63) is 57.3 Å². The fourth-order valence-corrected chi connectivity index (χ4v) is 4.41. The molecule has 1 aromatic heterocycles. The number of ether oxygens (including phenoxy) is 1. The lowest BCUT2D eigenvalue weighted by Gasteiger charge is -2.09. The third-order valence-corrected chi connectivity index (χ3v) is 6.14. The van der Waals surface area contributed by atoms with Crippen LogP contribution >= 0.6 is 11.3 Å². The van der Waals surface area contributed by atoms with Crippen molar-refractivity contribution in [3.8, 4) is 0 Å². The molecule has 1 aliphatic rings. The number of benzene rings is 1. The molecule has 0 atom stereocenters. The predicted octanol–water partition coefficient (Wildman–Crippen LogP) is 0.980. The van der Waals surface area contributed by atoms with Crippen LogP contribution in [-0.4, -0.2) is 42.2 Å². The lowest BCUT2D eigenvalue weighted by atomic mass is 10.1. The second-order valence-electron chi connectivity index (χ2n) is 5.64. The van der Waals surface area contributed by atoms with Gasteiger partial charge in [-0.05, 0) is 29.8 Å². The lowest BCUT2D eigenvalue weighted by Crippen LogP contribution is -2.28. The standard InChI is InChI=1S/C16H14N2O7S2/c19-14-8-18(27(23,24)17-14)7-12-5-6-13(26-12)16(22)25-9-10-1-3-11(4-2-10)15(20)21/h1-6H,7-9H2,(H,17,19)(H,20,21).